The second-order valence-corrected chi connectivity index (χ2v) is 9.91. The van der Waals surface area contributed by atoms with Gasteiger partial charge in [0.15, 0.2) is 0 Å². The molecule has 3 unspecified atom stereocenters. The number of nitrogens with one attached hydrogen (secondary N) is 3. The molecule has 3 rings (SSSR count). The van der Waals surface area contributed by atoms with Crippen LogP contribution in [0, 0.1) is 0 Å². The van der Waals surface area contributed by atoms with Gasteiger partial charge in [-0.1, -0.05) is 6.42 Å². The Balaban J connectivity index is 0. The van der Waals surface area contributed by atoms with E-state index in [-0.39, 0.29) is 52.8 Å². The minimum Gasteiger partial charge on any atom is -1.00 e. The molecule has 3 aliphatic rings. The number of hydrogen-bond acceptors (Lipinski definition) is 6. The minimum atomic E-state index is -0.541. The zero-order valence-corrected chi connectivity index (χ0v) is 22.6. The van der Waals surface area contributed by atoms with Crippen molar-refractivity contribution in [1.82, 2.24) is 16.0 Å². The zero-order valence-electron chi connectivity index (χ0n) is 20.4. The van der Waals surface area contributed by atoms with Crippen molar-refractivity contribution in [3.63, 3.8) is 0 Å². The fourth-order valence-corrected chi connectivity index (χ4v) is 3.63. The fraction of sp³-hybridized carbons (Fsp3) is 1.00. The molecule has 164 valence electrons. The SMILES string of the molecule is CC(C)(O)C1CCCCN1.CC(C)(O)C1CCCN1.CC(C)(O)C1CCN1.[H-].[K+]. The van der Waals surface area contributed by atoms with Crippen LogP contribution in [0.15, 0.2) is 0 Å². The topological polar surface area (TPSA) is 96.8 Å². The first-order valence-electron chi connectivity index (χ1n) is 10.7. The quantitative estimate of drug-likeness (QED) is 0.312. The van der Waals surface area contributed by atoms with Crippen LogP contribution in [0.2, 0.25) is 0 Å². The molecule has 7 heteroatoms. The van der Waals surface area contributed by atoms with E-state index in [1.54, 1.807) is 0 Å². The smallest absolute Gasteiger partial charge is 1.00 e. The molecule has 0 aromatic rings. The predicted octanol–water partition coefficient (Wildman–Crippen LogP) is -1.36. The Morgan fingerprint density at radius 2 is 0.893 bits per heavy atom. The van der Waals surface area contributed by atoms with Gasteiger partial charge in [-0.25, -0.2) is 0 Å². The second-order valence-electron chi connectivity index (χ2n) is 9.91. The minimum absolute atomic E-state index is 0. The van der Waals surface area contributed by atoms with Crippen molar-refractivity contribution >= 4 is 0 Å². The van der Waals surface area contributed by atoms with E-state index in [1.165, 1.54) is 19.3 Å². The normalized spacial score (nSPS) is 28.0. The van der Waals surface area contributed by atoms with Crippen LogP contribution >= 0.6 is 0 Å². The molecular weight excluding hydrogens is 381 g/mol. The summed E-state index contributed by atoms with van der Waals surface area (Å²) in [5, 5.41) is 38.0. The largest absolute Gasteiger partial charge is 1.00 e. The molecule has 6 N–H and O–H groups in total. The van der Waals surface area contributed by atoms with E-state index in [2.05, 4.69) is 16.0 Å². The van der Waals surface area contributed by atoms with Gasteiger partial charge < -0.3 is 32.7 Å². The van der Waals surface area contributed by atoms with Gasteiger partial charge in [-0.15, -0.1) is 0 Å². The van der Waals surface area contributed by atoms with E-state index in [9.17, 15) is 15.3 Å². The Bertz CT molecular complexity index is 407. The molecule has 3 atom stereocenters. The molecule has 6 nitrogen and oxygen atoms in total. The Morgan fingerprint density at radius 3 is 1.07 bits per heavy atom. The first-order valence-corrected chi connectivity index (χ1v) is 10.7. The molecule has 0 aromatic heterocycles. The van der Waals surface area contributed by atoms with Crippen molar-refractivity contribution < 1.29 is 68.1 Å². The van der Waals surface area contributed by atoms with E-state index in [4.69, 9.17) is 0 Å². The molecule has 3 fully saturated rings. The van der Waals surface area contributed by atoms with E-state index in [1.807, 2.05) is 41.5 Å². The predicted molar refractivity (Wildman–Crippen MR) is 113 cm³/mol. The Kier molecular flexibility index (Phi) is 13.7. The van der Waals surface area contributed by atoms with E-state index >= 15 is 0 Å². The number of hydrogen-bond donors (Lipinski definition) is 6. The van der Waals surface area contributed by atoms with Crippen LogP contribution < -0.4 is 67.3 Å². The molecule has 0 aliphatic carbocycles. The van der Waals surface area contributed by atoms with Gasteiger partial charge in [0.2, 0.25) is 0 Å². The standard InChI is InChI=1S/C8H17NO.C7H15NO.C6H13NO.K.H/c1-8(2,10)7-5-3-4-6-9-7;1-7(2,9)6-4-3-5-8-6;1-6(2,8)5-3-4-7-5;;/h7,9-10H,3-6H2,1-2H3;6,8-9H,3-5H2,1-2H3;5,7-8H,3-4H2,1-2H3;;/q;;;+1;-1. The summed E-state index contributed by atoms with van der Waals surface area (Å²) >= 11 is 0. The summed E-state index contributed by atoms with van der Waals surface area (Å²) in [5.74, 6) is 0. The molecule has 3 saturated heterocycles. The monoisotopic (exact) mass is 427 g/mol. The second kappa shape index (κ2) is 13.1. The molecule has 0 bridgehead atoms. The summed E-state index contributed by atoms with van der Waals surface area (Å²) in [4.78, 5) is 0. The van der Waals surface area contributed by atoms with Crippen LogP contribution in [0.3, 0.4) is 0 Å². The van der Waals surface area contributed by atoms with Gasteiger partial charge >= 0.3 is 51.4 Å². The van der Waals surface area contributed by atoms with Crippen molar-refractivity contribution in [3.8, 4) is 0 Å². The molecule has 3 aliphatic heterocycles. The van der Waals surface area contributed by atoms with Crippen molar-refractivity contribution in [2.24, 2.45) is 0 Å². The maximum Gasteiger partial charge on any atom is 1.00 e. The van der Waals surface area contributed by atoms with Gasteiger partial charge in [-0.05, 0) is 93.3 Å². The van der Waals surface area contributed by atoms with Crippen LogP contribution in [-0.4, -0.2) is 69.9 Å². The number of piperidine rings is 1. The molecule has 0 saturated carbocycles. The van der Waals surface area contributed by atoms with Gasteiger partial charge in [0, 0.05) is 18.1 Å². The van der Waals surface area contributed by atoms with Crippen LogP contribution in [0.25, 0.3) is 0 Å². The maximum atomic E-state index is 9.58. The van der Waals surface area contributed by atoms with Gasteiger partial charge in [0.05, 0.1) is 16.8 Å². The number of aliphatic hydroxyl groups is 3. The summed E-state index contributed by atoms with van der Waals surface area (Å²) in [6.45, 7) is 14.3. The average Bonchev–Trinajstić information content (AvgIpc) is 2.99. The molecule has 3 heterocycles. The van der Waals surface area contributed by atoms with Crippen LogP contribution in [0.5, 0.6) is 0 Å². The van der Waals surface area contributed by atoms with Crippen LogP contribution in [0.1, 0.15) is 81.5 Å². The maximum absolute atomic E-state index is 9.58. The van der Waals surface area contributed by atoms with E-state index < -0.39 is 16.8 Å². The molecule has 0 aromatic carbocycles. The summed E-state index contributed by atoms with van der Waals surface area (Å²) in [7, 11) is 0. The van der Waals surface area contributed by atoms with Gasteiger partial charge in [0.1, 0.15) is 0 Å². The van der Waals surface area contributed by atoms with Crippen molar-refractivity contribution in [1.29, 1.82) is 0 Å². The summed E-state index contributed by atoms with van der Waals surface area (Å²) in [6, 6.07) is 0.959. The average molecular weight is 428 g/mol. The van der Waals surface area contributed by atoms with Crippen LogP contribution in [-0.2, 0) is 0 Å². The third kappa shape index (κ3) is 11.7. The Morgan fingerprint density at radius 1 is 0.571 bits per heavy atom. The molecular formula is C21H46KN3O3. The molecule has 0 amide bonds. The van der Waals surface area contributed by atoms with E-state index in [0.717, 1.165) is 38.9 Å². The number of rotatable bonds is 3. The van der Waals surface area contributed by atoms with Crippen molar-refractivity contribution in [2.45, 2.75) is 115 Å². The van der Waals surface area contributed by atoms with Crippen molar-refractivity contribution in [3.05, 3.63) is 0 Å². The summed E-state index contributed by atoms with van der Waals surface area (Å²) in [6.07, 6.45) is 7.05. The van der Waals surface area contributed by atoms with Crippen molar-refractivity contribution in [2.75, 3.05) is 19.6 Å². The zero-order chi connectivity index (χ0) is 20.7. The molecule has 0 radical (unpaired) electrons. The Hall–Kier alpha value is 1.40. The van der Waals surface area contributed by atoms with E-state index in [0.29, 0.717) is 18.1 Å². The molecule has 28 heavy (non-hydrogen) atoms. The van der Waals surface area contributed by atoms with Gasteiger partial charge in [-0.3, -0.25) is 0 Å². The molecule has 0 spiro atoms. The van der Waals surface area contributed by atoms with Gasteiger partial charge in [0.25, 0.3) is 0 Å². The first kappa shape index (κ1) is 29.4. The van der Waals surface area contributed by atoms with Gasteiger partial charge in [-0.2, -0.15) is 0 Å². The Labute approximate surface area is 216 Å². The summed E-state index contributed by atoms with van der Waals surface area (Å²) < 4.78 is 0. The summed E-state index contributed by atoms with van der Waals surface area (Å²) in [5.41, 5.74) is -1.59. The van der Waals surface area contributed by atoms with Crippen LogP contribution in [0.4, 0.5) is 0 Å². The third-order valence-electron chi connectivity index (χ3n) is 5.75. The first-order chi connectivity index (χ1) is 12.3. The fourth-order valence-electron chi connectivity index (χ4n) is 3.63. The third-order valence-corrected chi connectivity index (χ3v) is 5.75.